The van der Waals surface area contributed by atoms with Crippen LogP contribution in [0.25, 0.3) is 0 Å². The number of aliphatic hydroxyl groups excluding tert-OH is 2. The summed E-state index contributed by atoms with van der Waals surface area (Å²) in [5, 5.41) is 22.8. The number of carbonyl (C=O) groups is 1. The highest BCUT2D eigenvalue weighted by atomic mass is 16.3. The predicted octanol–water partition coefficient (Wildman–Crippen LogP) is 12.2. The van der Waals surface area contributed by atoms with E-state index in [1.165, 1.54) is 32.1 Å². The molecule has 0 fully saturated rings. The Morgan fingerprint density at radius 1 is 0.500 bits per heavy atom. The van der Waals surface area contributed by atoms with E-state index in [-0.39, 0.29) is 12.5 Å². The topological polar surface area (TPSA) is 69.6 Å². The standard InChI is InChI=1S/C46H73NO3/c1-3-5-7-9-11-13-15-16-17-18-19-20-21-22-23-24-25-26-27-28-29-30-32-34-36-38-40-42-46(50)47-44(43-48)45(49)41-39-37-35-33-31-14-12-10-8-6-4-2/h5,7,11,13,16-17,19-20,22-23,25-26,28-29,31-34,39,41,44-45,48-49H,3-4,6,8-10,12,14-15,18,21,24,27,30,35-38,40,42-43H2,1-2H3,(H,47,50)/b7-5-,13-11-,17-16-,20-19-,23-22-,26-25-,29-28-,33-31+,34-32-,41-39+. The zero-order valence-corrected chi connectivity index (χ0v) is 31.9. The molecule has 0 saturated heterocycles. The molecule has 0 bridgehead atoms. The van der Waals surface area contributed by atoms with Gasteiger partial charge in [0.05, 0.1) is 18.8 Å². The summed E-state index contributed by atoms with van der Waals surface area (Å²) < 4.78 is 0. The molecular weight excluding hydrogens is 615 g/mol. The molecule has 0 rings (SSSR count). The van der Waals surface area contributed by atoms with Crippen molar-refractivity contribution in [2.45, 2.75) is 154 Å². The summed E-state index contributed by atoms with van der Waals surface area (Å²) in [5.74, 6) is -0.125. The lowest BCUT2D eigenvalue weighted by Crippen LogP contribution is -2.45. The minimum Gasteiger partial charge on any atom is -0.394 e. The fourth-order valence-corrected chi connectivity index (χ4v) is 4.91. The molecule has 2 unspecified atom stereocenters. The Hall–Kier alpha value is -3.21. The number of unbranched alkanes of at least 4 members (excludes halogenated alkanes) is 8. The molecule has 0 aliphatic carbocycles. The molecule has 0 aromatic rings. The Morgan fingerprint density at radius 2 is 0.900 bits per heavy atom. The van der Waals surface area contributed by atoms with Gasteiger partial charge in [0.15, 0.2) is 0 Å². The van der Waals surface area contributed by atoms with Gasteiger partial charge in [-0.3, -0.25) is 4.79 Å². The van der Waals surface area contributed by atoms with E-state index in [9.17, 15) is 15.0 Å². The summed E-state index contributed by atoms with van der Waals surface area (Å²) in [6.45, 7) is 4.11. The first-order chi connectivity index (χ1) is 24.7. The molecule has 0 aromatic heterocycles. The van der Waals surface area contributed by atoms with Crippen molar-refractivity contribution in [2.75, 3.05) is 6.61 Å². The molecular formula is C46H73NO3. The Bertz CT molecular complexity index is 1050. The van der Waals surface area contributed by atoms with Gasteiger partial charge < -0.3 is 15.5 Å². The Morgan fingerprint density at radius 3 is 1.38 bits per heavy atom. The maximum atomic E-state index is 12.3. The highest BCUT2D eigenvalue weighted by molar-refractivity contribution is 5.76. The molecule has 0 saturated carbocycles. The summed E-state index contributed by atoms with van der Waals surface area (Å²) in [5.41, 5.74) is 0. The molecule has 0 aliphatic rings. The van der Waals surface area contributed by atoms with Crippen LogP contribution in [0.5, 0.6) is 0 Å². The van der Waals surface area contributed by atoms with Gasteiger partial charge >= 0.3 is 0 Å². The zero-order chi connectivity index (χ0) is 36.4. The molecule has 4 heteroatoms. The normalized spacial score (nSPS) is 14.4. The first-order valence-electron chi connectivity index (χ1n) is 19.7. The van der Waals surface area contributed by atoms with Gasteiger partial charge in [-0.1, -0.05) is 161 Å². The van der Waals surface area contributed by atoms with Crippen LogP contribution in [0.1, 0.15) is 142 Å². The van der Waals surface area contributed by atoms with Crippen LogP contribution in [0.4, 0.5) is 0 Å². The Labute approximate surface area is 308 Å². The molecule has 4 nitrogen and oxygen atoms in total. The lowest BCUT2D eigenvalue weighted by atomic mass is 10.1. The lowest BCUT2D eigenvalue weighted by Gasteiger charge is -2.19. The largest absolute Gasteiger partial charge is 0.394 e. The van der Waals surface area contributed by atoms with Crippen LogP contribution in [-0.4, -0.2) is 34.9 Å². The number of allylic oxidation sites excluding steroid dienone is 19. The van der Waals surface area contributed by atoms with Crippen LogP contribution in [0, 0.1) is 0 Å². The average Bonchev–Trinajstić information content (AvgIpc) is 3.12. The fraction of sp³-hybridized carbons (Fsp3) is 0.543. The maximum Gasteiger partial charge on any atom is 0.220 e. The van der Waals surface area contributed by atoms with Crippen molar-refractivity contribution in [2.24, 2.45) is 0 Å². The van der Waals surface area contributed by atoms with Gasteiger partial charge in [-0.15, -0.1) is 0 Å². The molecule has 50 heavy (non-hydrogen) atoms. The van der Waals surface area contributed by atoms with Crippen LogP contribution in [0.15, 0.2) is 122 Å². The van der Waals surface area contributed by atoms with Crippen LogP contribution in [-0.2, 0) is 4.79 Å². The molecule has 0 aliphatic heterocycles. The van der Waals surface area contributed by atoms with Crippen molar-refractivity contribution in [3.63, 3.8) is 0 Å². The molecule has 1 amide bonds. The average molecular weight is 688 g/mol. The van der Waals surface area contributed by atoms with Gasteiger partial charge in [0.25, 0.3) is 0 Å². The van der Waals surface area contributed by atoms with Crippen LogP contribution in [0.2, 0.25) is 0 Å². The van der Waals surface area contributed by atoms with Gasteiger partial charge in [-0.2, -0.15) is 0 Å². The van der Waals surface area contributed by atoms with Crippen molar-refractivity contribution in [1.82, 2.24) is 5.32 Å². The van der Waals surface area contributed by atoms with Crippen molar-refractivity contribution >= 4 is 5.91 Å². The summed E-state index contributed by atoms with van der Waals surface area (Å²) in [6.07, 6.45) is 62.9. The van der Waals surface area contributed by atoms with E-state index < -0.39 is 12.1 Å². The summed E-state index contributed by atoms with van der Waals surface area (Å²) in [6, 6.07) is -0.669. The second kappa shape index (κ2) is 40.2. The van der Waals surface area contributed by atoms with Crippen LogP contribution < -0.4 is 5.32 Å². The van der Waals surface area contributed by atoms with Crippen molar-refractivity contribution in [3.05, 3.63) is 122 Å². The van der Waals surface area contributed by atoms with Gasteiger partial charge in [0.2, 0.25) is 5.91 Å². The van der Waals surface area contributed by atoms with Gasteiger partial charge in [0.1, 0.15) is 0 Å². The van der Waals surface area contributed by atoms with Gasteiger partial charge in [-0.05, 0) is 96.3 Å². The second-order valence-electron chi connectivity index (χ2n) is 12.6. The monoisotopic (exact) mass is 688 g/mol. The van der Waals surface area contributed by atoms with Crippen LogP contribution in [0.3, 0.4) is 0 Å². The molecule has 0 aromatic carbocycles. The predicted molar refractivity (Wildman–Crippen MR) is 220 cm³/mol. The number of amides is 1. The molecule has 0 spiro atoms. The Balaban J connectivity index is 3.82. The van der Waals surface area contributed by atoms with E-state index in [0.717, 1.165) is 89.9 Å². The van der Waals surface area contributed by atoms with Crippen molar-refractivity contribution < 1.29 is 15.0 Å². The third kappa shape index (κ3) is 36.1. The smallest absolute Gasteiger partial charge is 0.220 e. The Kier molecular flexibility index (Phi) is 37.6. The maximum absolute atomic E-state index is 12.3. The van der Waals surface area contributed by atoms with Crippen LogP contribution >= 0.6 is 0 Å². The first kappa shape index (κ1) is 46.8. The van der Waals surface area contributed by atoms with Gasteiger partial charge in [-0.25, -0.2) is 0 Å². The quantitative estimate of drug-likeness (QED) is 0.0475. The second-order valence-corrected chi connectivity index (χ2v) is 12.6. The summed E-state index contributed by atoms with van der Waals surface area (Å²) in [7, 11) is 0. The minimum atomic E-state index is -0.887. The van der Waals surface area contributed by atoms with E-state index >= 15 is 0 Å². The van der Waals surface area contributed by atoms with Gasteiger partial charge in [0, 0.05) is 6.42 Å². The van der Waals surface area contributed by atoms with E-state index in [0.29, 0.717) is 6.42 Å². The first-order valence-corrected chi connectivity index (χ1v) is 19.7. The highest BCUT2D eigenvalue weighted by Gasteiger charge is 2.17. The lowest BCUT2D eigenvalue weighted by molar-refractivity contribution is -0.123. The van der Waals surface area contributed by atoms with E-state index in [2.05, 4.69) is 129 Å². The number of carbonyl (C=O) groups excluding carboxylic acids is 1. The number of hydrogen-bond donors (Lipinski definition) is 3. The molecule has 0 radical (unpaired) electrons. The summed E-state index contributed by atoms with van der Waals surface area (Å²) >= 11 is 0. The number of aliphatic hydroxyl groups is 2. The molecule has 280 valence electrons. The SMILES string of the molecule is CC/C=C\C/C=C\C/C=C\C/C=C\C/C=C\C/C=C\C/C=C\C/C=C\CCCCC(=O)NC(CO)C(O)/C=C/CC/C=C/CCCCCCC. The third-order valence-electron chi connectivity index (χ3n) is 7.93. The third-order valence-corrected chi connectivity index (χ3v) is 7.93. The van der Waals surface area contributed by atoms with Crippen molar-refractivity contribution in [3.8, 4) is 0 Å². The zero-order valence-electron chi connectivity index (χ0n) is 31.9. The molecule has 0 heterocycles. The number of hydrogen-bond acceptors (Lipinski definition) is 3. The minimum absolute atomic E-state index is 0.125. The molecule has 2 atom stereocenters. The molecule has 3 N–H and O–H groups in total. The highest BCUT2D eigenvalue weighted by Crippen LogP contribution is 2.07. The van der Waals surface area contributed by atoms with E-state index in [1.54, 1.807) is 6.08 Å². The van der Waals surface area contributed by atoms with E-state index in [1.807, 2.05) is 6.08 Å². The van der Waals surface area contributed by atoms with E-state index in [4.69, 9.17) is 0 Å². The van der Waals surface area contributed by atoms with Crippen molar-refractivity contribution in [1.29, 1.82) is 0 Å². The summed E-state index contributed by atoms with van der Waals surface area (Å²) in [4.78, 5) is 12.3. The number of rotatable bonds is 33. The number of nitrogens with one attached hydrogen (secondary N) is 1. The fourth-order valence-electron chi connectivity index (χ4n) is 4.91.